The summed E-state index contributed by atoms with van der Waals surface area (Å²) in [7, 11) is 0. The van der Waals surface area contributed by atoms with Crippen molar-refractivity contribution in [2.24, 2.45) is 5.16 Å². The molecule has 0 aliphatic carbocycles. The molecular weight excluding hydrogens is 382 g/mol. The third kappa shape index (κ3) is 5.30. The maximum atomic E-state index is 11.5. The lowest BCUT2D eigenvalue weighted by atomic mass is 10.1. The molecule has 1 aromatic rings. The summed E-state index contributed by atoms with van der Waals surface area (Å²) >= 11 is 0. The first kappa shape index (κ1) is 21.7. The van der Waals surface area contributed by atoms with Gasteiger partial charge in [-0.25, -0.2) is 4.79 Å². The van der Waals surface area contributed by atoms with Crippen LogP contribution in [0, 0.1) is 11.8 Å². The van der Waals surface area contributed by atoms with Gasteiger partial charge in [0.25, 0.3) is 5.91 Å². The van der Waals surface area contributed by atoms with Gasteiger partial charge in [0.15, 0.2) is 11.9 Å². The van der Waals surface area contributed by atoms with E-state index < -0.39 is 18.0 Å². The van der Waals surface area contributed by atoms with E-state index in [9.17, 15) is 14.8 Å². The number of hydrogen-bond acceptors (Lipinski definition) is 5. The number of carbonyl (C=O) groups is 2. The number of nitrogens with zero attached hydrogens (tertiary/aromatic N) is 3. The zero-order valence-electron chi connectivity index (χ0n) is 17.5. The number of amides is 3. The summed E-state index contributed by atoms with van der Waals surface area (Å²) in [6, 6.07) is 6.55. The summed E-state index contributed by atoms with van der Waals surface area (Å²) < 4.78 is 0. The molecule has 3 N–H and O–H groups in total. The molecule has 2 fully saturated rings. The third-order valence-electron chi connectivity index (χ3n) is 5.53. The number of oxime groups is 1. The summed E-state index contributed by atoms with van der Waals surface area (Å²) in [6.07, 6.45) is 3.39. The van der Waals surface area contributed by atoms with Gasteiger partial charge < -0.3 is 15.4 Å². The Morgan fingerprint density at radius 2 is 2.00 bits per heavy atom. The number of amidine groups is 1. The van der Waals surface area contributed by atoms with E-state index in [1.54, 1.807) is 0 Å². The van der Waals surface area contributed by atoms with Crippen LogP contribution in [0.2, 0.25) is 0 Å². The number of urea groups is 1. The van der Waals surface area contributed by atoms with Crippen LogP contribution in [0.5, 0.6) is 0 Å². The Morgan fingerprint density at radius 1 is 1.23 bits per heavy atom. The standard InChI is InChI=1S/C22H29N5O3/c1-3-5-16(2)26-12-4-13-27(15-14-26)20(25-30)18-9-6-17(7-10-18)8-11-19-21(28)24-22(29)23-19/h6-7,9-10,16,19,30H,3-5,12-15H2,1-2H3,(H2,23,24,28,29)/b25-20-. The van der Waals surface area contributed by atoms with Gasteiger partial charge in [0, 0.05) is 43.3 Å². The Labute approximate surface area is 177 Å². The van der Waals surface area contributed by atoms with E-state index in [0.29, 0.717) is 17.4 Å². The smallest absolute Gasteiger partial charge is 0.322 e. The molecule has 0 spiro atoms. The van der Waals surface area contributed by atoms with Crippen LogP contribution in [0.3, 0.4) is 0 Å². The molecule has 2 atom stereocenters. The first-order chi connectivity index (χ1) is 14.5. The molecule has 2 aliphatic heterocycles. The molecule has 30 heavy (non-hydrogen) atoms. The molecule has 0 aromatic heterocycles. The van der Waals surface area contributed by atoms with Gasteiger partial charge in [0.1, 0.15) is 0 Å². The van der Waals surface area contributed by atoms with Gasteiger partial charge in [-0.15, -0.1) is 0 Å². The molecule has 2 aliphatic rings. The molecule has 3 amide bonds. The molecule has 2 unspecified atom stereocenters. The molecule has 3 rings (SSSR count). The van der Waals surface area contributed by atoms with Gasteiger partial charge in [0.2, 0.25) is 0 Å². The maximum absolute atomic E-state index is 11.5. The minimum atomic E-state index is -0.832. The van der Waals surface area contributed by atoms with Crippen molar-refractivity contribution in [1.29, 1.82) is 0 Å². The second-order valence-electron chi connectivity index (χ2n) is 7.68. The van der Waals surface area contributed by atoms with Crippen LogP contribution in [0.15, 0.2) is 29.4 Å². The molecule has 0 saturated carbocycles. The monoisotopic (exact) mass is 411 g/mol. The number of hydrogen-bond donors (Lipinski definition) is 3. The molecule has 160 valence electrons. The highest BCUT2D eigenvalue weighted by molar-refractivity contribution is 6.05. The van der Waals surface area contributed by atoms with Crippen molar-refractivity contribution in [3.05, 3.63) is 35.4 Å². The van der Waals surface area contributed by atoms with Crippen molar-refractivity contribution in [3.63, 3.8) is 0 Å². The van der Waals surface area contributed by atoms with Crippen LogP contribution >= 0.6 is 0 Å². The molecule has 2 heterocycles. The minimum absolute atomic E-state index is 0.442. The van der Waals surface area contributed by atoms with Crippen molar-refractivity contribution in [1.82, 2.24) is 20.4 Å². The lowest BCUT2D eigenvalue weighted by molar-refractivity contribution is -0.119. The van der Waals surface area contributed by atoms with E-state index in [-0.39, 0.29) is 0 Å². The average Bonchev–Trinajstić information content (AvgIpc) is 2.92. The Morgan fingerprint density at radius 3 is 2.63 bits per heavy atom. The largest absolute Gasteiger partial charge is 0.409 e. The van der Waals surface area contributed by atoms with Gasteiger partial charge in [-0.1, -0.05) is 30.3 Å². The first-order valence-corrected chi connectivity index (χ1v) is 10.5. The zero-order valence-corrected chi connectivity index (χ0v) is 17.5. The molecule has 0 radical (unpaired) electrons. The van der Waals surface area contributed by atoms with Crippen molar-refractivity contribution < 1.29 is 14.8 Å². The number of nitrogens with one attached hydrogen (secondary N) is 2. The predicted molar refractivity (Wildman–Crippen MR) is 114 cm³/mol. The van der Waals surface area contributed by atoms with Crippen LogP contribution in [-0.4, -0.2) is 71.0 Å². The van der Waals surface area contributed by atoms with Gasteiger partial charge in [-0.2, -0.15) is 0 Å². The Balaban J connectivity index is 1.65. The Kier molecular flexibility index (Phi) is 7.31. The highest BCUT2D eigenvalue weighted by Gasteiger charge is 2.27. The molecule has 0 bridgehead atoms. The number of imide groups is 1. The maximum Gasteiger partial charge on any atom is 0.322 e. The third-order valence-corrected chi connectivity index (χ3v) is 5.53. The molecule has 8 heteroatoms. The van der Waals surface area contributed by atoms with Crippen molar-refractivity contribution in [2.75, 3.05) is 26.2 Å². The minimum Gasteiger partial charge on any atom is -0.409 e. The van der Waals surface area contributed by atoms with Crippen LogP contribution in [-0.2, 0) is 4.79 Å². The molecule has 1 aromatic carbocycles. The lowest BCUT2D eigenvalue weighted by Crippen LogP contribution is -2.38. The molecule has 2 saturated heterocycles. The van der Waals surface area contributed by atoms with Gasteiger partial charge >= 0.3 is 6.03 Å². The van der Waals surface area contributed by atoms with Crippen molar-refractivity contribution in [3.8, 4) is 11.8 Å². The average molecular weight is 412 g/mol. The first-order valence-electron chi connectivity index (χ1n) is 10.5. The molecular formula is C22H29N5O3. The summed E-state index contributed by atoms with van der Waals surface area (Å²) in [5.74, 6) is 5.76. The zero-order chi connectivity index (χ0) is 21.5. The van der Waals surface area contributed by atoms with Crippen molar-refractivity contribution >= 4 is 17.8 Å². The fraction of sp³-hybridized carbons (Fsp3) is 0.500. The Bertz CT molecular complexity index is 856. The highest BCUT2D eigenvalue weighted by atomic mass is 16.4. The summed E-state index contributed by atoms with van der Waals surface area (Å²) in [5.41, 5.74) is 1.52. The van der Waals surface area contributed by atoms with Gasteiger partial charge in [-0.05, 0) is 44.0 Å². The van der Waals surface area contributed by atoms with Crippen LogP contribution in [0.25, 0.3) is 0 Å². The number of rotatable bonds is 4. The topological polar surface area (TPSA) is 97.3 Å². The number of carbonyl (C=O) groups excluding carboxylic acids is 2. The highest BCUT2D eigenvalue weighted by Crippen LogP contribution is 2.14. The fourth-order valence-electron chi connectivity index (χ4n) is 3.87. The quantitative estimate of drug-likeness (QED) is 0.175. The fourth-order valence-corrected chi connectivity index (χ4v) is 3.87. The van der Waals surface area contributed by atoms with Crippen LogP contribution in [0.4, 0.5) is 4.79 Å². The lowest BCUT2D eigenvalue weighted by Gasteiger charge is -2.28. The number of benzene rings is 1. The predicted octanol–water partition coefficient (Wildman–Crippen LogP) is 1.58. The van der Waals surface area contributed by atoms with E-state index in [4.69, 9.17) is 0 Å². The van der Waals surface area contributed by atoms with Crippen molar-refractivity contribution in [2.45, 2.75) is 45.2 Å². The molecule has 8 nitrogen and oxygen atoms in total. The van der Waals surface area contributed by atoms with E-state index >= 15 is 0 Å². The van der Waals surface area contributed by atoms with E-state index in [1.165, 1.54) is 12.8 Å². The SMILES string of the molecule is CCCC(C)N1CCCN(/C(=N\O)c2ccc(C#CC3NC(=O)NC3=O)cc2)CC1. The second kappa shape index (κ2) is 10.1. The van der Waals surface area contributed by atoms with Crippen LogP contribution < -0.4 is 10.6 Å². The van der Waals surface area contributed by atoms with Gasteiger partial charge in [0.05, 0.1) is 0 Å². The second-order valence-corrected chi connectivity index (χ2v) is 7.68. The van der Waals surface area contributed by atoms with Crippen LogP contribution in [0.1, 0.15) is 44.2 Å². The summed E-state index contributed by atoms with van der Waals surface area (Å²) in [6.45, 7) is 8.14. The summed E-state index contributed by atoms with van der Waals surface area (Å²) in [5, 5.41) is 17.8. The van der Waals surface area contributed by atoms with E-state index in [0.717, 1.165) is 38.2 Å². The van der Waals surface area contributed by atoms with Gasteiger partial charge in [-0.3, -0.25) is 15.0 Å². The van der Waals surface area contributed by atoms with E-state index in [1.807, 2.05) is 24.3 Å². The Hall–Kier alpha value is -3.05. The normalized spacial score (nSPS) is 21.3. The summed E-state index contributed by atoms with van der Waals surface area (Å²) in [4.78, 5) is 27.3. The van der Waals surface area contributed by atoms with E-state index in [2.05, 4.69) is 51.3 Å².